The van der Waals surface area contributed by atoms with Gasteiger partial charge in [-0.05, 0) is 29.1 Å². The molecule has 23 heavy (non-hydrogen) atoms. The van der Waals surface area contributed by atoms with Crippen LogP contribution in [0.1, 0.15) is 28.4 Å². The van der Waals surface area contributed by atoms with E-state index in [0.717, 1.165) is 22.1 Å². The van der Waals surface area contributed by atoms with Gasteiger partial charge in [0.15, 0.2) is 5.78 Å². The van der Waals surface area contributed by atoms with E-state index in [1.165, 1.54) is 0 Å². The Bertz CT molecular complexity index is 898. The van der Waals surface area contributed by atoms with E-state index in [1.54, 1.807) is 7.11 Å². The van der Waals surface area contributed by atoms with Crippen LogP contribution in [-0.4, -0.2) is 12.9 Å². The average Bonchev–Trinajstić information content (AvgIpc) is 2.61. The maximum Gasteiger partial charge on any atom is 0.170 e. The lowest BCUT2D eigenvalue weighted by atomic mass is 9.94. The molecule has 0 spiro atoms. The molecule has 1 aliphatic rings. The van der Waals surface area contributed by atoms with Gasteiger partial charge in [-0.25, -0.2) is 0 Å². The molecule has 3 aromatic carbocycles. The van der Waals surface area contributed by atoms with Crippen LogP contribution in [0.15, 0.2) is 60.7 Å². The topological polar surface area (TPSA) is 35.5 Å². The lowest BCUT2D eigenvalue weighted by molar-refractivity contribution is 0.0853. The van der Waals surface area contributed by atoms with Crippen LogP contribution in [-0.2, 0) is 0 Å². The molecule has 3 nitrogen and oxygen atoms in total. The SMILES string of the molecule is COc1cccc(C2CC(=O)c3ccc4ccccc4c3O2)c1. The van der Waals surface area contributed by atoms with Gasteiger partial charge >= 0.3 is 0 Å². The second-order valence-corrected chi connectivity index (χ2v) is 5.67. The molecule has 0 fully saturated rings. The van der Waals surface area contributed by atoms with Crippen molar-refractivity contribution in [2.75, 3.05) is 7.11 Å². The van der Waals surface area contributed by atoms with Crippen molar-refractivity contribution in [3.05, 3.63) is 71.8 Å². The Hall–Kier alpha value is -2.81. The van der Waals surface area contributed by atoms with Gasteiger partial charge in [0.1, 0.15) is 17.6 Å². The summed E-state index contributed by atoms with van der Waals surface area (Å²) in [4.78, 5) is 12.6. The smallest absolute Gasteiger partial charge is 0.170 e. The number of hydrogen-bond donors (Lipinski definition) is 0. The molecule has 0 amide bonds. The van der Waals surface area contributed by atoms with Crippen LogP contribution >= 0.6 is 0 Å². The summed E-state index contributed by atoms with van der Waals surface area (Å²) in [5.41, 5.74) is 1.62. The highest BCUT2D eigenvalue weighted by Crippen LogP contribution is 2.40. The molecule has 0 bridgehead atoms. The minimum atomic E-state index is -0.282. The van der Waals surface area contributed by atoms with Crippen LogP contribution in [0.4, 0.5) is 0 Å². The molecule has 0 N–H and O–H groups in total. The van der Waals surface area contributed by atoms with Gasteiger partial charge in [-0.1, -0.05) is 42.5 Å². The molecule has 0 aromatic heterocycles. The minimum absolute atomic E-state index is 0.116. The van der Waals surface area contributed by atoms with Crippen LogP contribution < -0.4 is 9.47 Å². The van der Waals surface area contributed by atoms with Crippen LogP contribution in [0.25, 0.3) is 10.8 Å². The third kappa shape index (κ3) is 2.34. The molecule has 0 saturated carbocycles. The van der Waals surface area contributed by atoms with Crippen molar-refractivity contribution in [1.82, 2.24) is 0 Å². The highest BCUT2D eigenvalue weighted by atomic mass is 16.5. The largest absolute Gasteiger partial charge is 0.497 e. The second-order valence-electron chi connectivity index (χ2n) is 5.67. The third-order valence-corrected chi connectivity index (χ3v) is 4.28. The number of carbonyl (C=O) groups excluding carboxylic acids is 1. The number of rotatable bonds is 2. The van der Waals surface area contributed by atoms with E-state index in [9.17, 15) is 4.79 Å². The van der Waals surface area contributed by atoms with Gasteiger partial charge in [0.2, 0.25) is 0 Å². The number of ketones is 1. The van der Waals surface area contributed by atoms with E-state index >= 15 is 0 Å². The zero-order chi connectivity index (χ0) is 15.8. The molecule has 0 aliphatic carbocycles. The molecule has 3 aromatic rings. The van der Waals surface area contributed by atoms with Gasteiger partial charge in [-0.2, -0.15) is 0 Å². The van der Waals surface area contributed by atoms with Crippen molar-refractivity contribution in [2.45, 2.75) is 12.5 Å². The lowest BCUT2D eigenvalue weighted by Gasteiger charge is -2.27. The number of carbonyl (C=O) groups is 1. The van der Waals surface area contributed by atoms with Crippen LogP contribution in [0.3, 0.4) is 0 Å². The highest BCUT2D eigenvalue weighted by molar-refractivity contribution is 6.06. The van der Waals surface area contributed by atoms with Crippen molar-refractivity contribution in [3.8, 4) is 11.5 Å². The zero-order valence-corrected chi connectivity index (χ0v) is 12.8. The minimum Gasteiger partial charge on any atom is -0.497 e. The maximum absolute atomic E-state index is 12.6. The van der Waals surface area contributed by atoms with E-state index in [4.69, 9.17) is 9.47 Å². The summed E-state index contributed by atoms with van der Waals surface area (Å²) < 4.78 is 11.5. The Morgan fingerprint density at radius 3 is 2.78 bits per heavy atom. The van der Waals surface area contributed by atoms with Crippen molar-refractivity contribution in [1.29, 1.82) is 0 Å². The standard InChI is InChI=1S/C20H16O3/c1-22-15-7-4-6-14(11-15)19-12-18(21)17-10-9-13-5-2-3-8-16(13)20(17)23-19/h2-11,19H,12H2,1H3. The molecule has 3 heteroatoms. The van der Waals surface area contributed by atoms with E-state index in [2.05, 4.69) is 0 Å². The summed E-state index contributed by atoms with van der Waals surface area (Å²) in [6.07, 6.45) is 0.0642. The predicted octanol–water partition coefficient (Wildman–Crippen LogP) is 4.55. The fourth-order valence-electron chi connectivity index (χ4n) is 3.08. The van der Waals surface area contributed by atoms with E-state index in [-0.39, 0.29) is 11.9 Å². The first-order chi connectivity index (χ1) is 11.3. The van der Waals surface area contributed by atoms with Gasteiger partial charge in [-0.3, -0.25) is 4.79 Å². The number of hydrogen-bond acceptors (Lipinski definition) is 3. The van der Waals surface area contributed by atoms with Gasteiger partial charge in [-0.15, -0.1) is 0 Å². The fourth-order valence-corrected chi connectivity index (χ4v) is 3.08. The van der Waals surface area contributed by atoms with Crippen molar-refractivity contribution in [3.63, 3.8) is 0 Å². The molecule has 1 heterocycles. The van der Waals surface area contributed by atoms with E-state index in [1.807, 2.05) is 60.7 Å². The first-order valence-electron chi connectivity index (χ1n) is 7.62. The van der Waals surface area contributed by atoms with Gasteiger partial charge < -0.3 is 9.47 Å². The van der Waals surface area contributed by atoms with Crippen LogP contribution in [0.2, 0.25) is 0 Å². The summed E-state index contributed by atoms with van der Waals surface area (Å²) in [6.45, 7) is 0. The lowest BCUT2D eigenvalue weighted by Crippen LogP contribution is -2.20. The number of benzene rings is 3. The van der Waals surface area contributed by atoms with Crippen molar-refractivity contribution < 1.29 is 14.3 Å². The Labute approximate surface area is 134 Å². The van der Waals surface area contributed by atoms with E-state index < -0.39 is 0 Å². The molecule has 1 atom stereocenters. The quantitative estimate of drug-likeness (QED) is 0.696. The zero-order valence-electron chi connectivity index (χ0n) is 12.8. The Balaban J connectivity index is 1.81. The van der Waals surface area contributed by atoms with Gasteiger partial charge in [0.05, 0.1) is 19.1 Å². The van der Waals surface area contributed by atoms with Crippen molar-refractivity contribution in [2.24, 2.45) is 0 Å². The van der Waals surface area contributed by atoms with Gasteiger partial charge in [0, 0.05) is 5.39 Å². The molecule has 0 saturated heterocycles. The Morgan fingerprint density at radius 2 is 1.91 bits per heavy atom. The van der Waals surface area contributed by atoms with E-state index in [0.29, 0.717) is 17.7 Å². The number of ether oxygens (including phenoxy) is 2. The second kappa shape index (κ2) is 5.43. The summed E-state index contributed by atoms with van der Waals surface area (Å²) >= 11 is 0. The molecular weight excluding hydrogens is 288 g/mol. The predicted molar refractivity (Wildman–Crippen MR) is 89.3 cm³/mol. The molecule has 1 aliphatic heterocycles. The summed E-state index contributed by atoms with van der Waals surface area (Å²) in [5, 5.41) is 2.05. The average molecular weight is 304 g/mol. The molecule has 114 valence electrons. The van der Waals surface area contributed by atoms with Crippen molar-refractivity contribution >= 4 is 16.6 Å². The Morgan fingerprint density at radius 1 is 1.04 bits per heavy atom. The molecule has 1 unspecified atom stereocenters. The maximum atomic E-state index is 12.6. The summed E-state index contributed by atoms with van der Waals surface area (Å²) in [6, 6.07) is 19.5. The monoisotopic (exact) mass is 304 g/mol. The summed E-state index contributed by atoms with van der Waals surface area (Å²) in [5.74, 6) is 1.57. The number of Topliss-reactive ketones (excluding diaryl/α,β-unsaturated/α-hetero) is 1. The fraction of sp³-hybridized carbons (Fsp3) is 0.150. The van der Waals surface area contributed by atoms with Gasteiger partial charge in [0.25, 0.3) is 0 Å². The van der Waals surface area contributed by atoms with Crippen LogP contribution in [0.5, 0.6) is 11.5 Å². The number of methoxy groups -OCH3 is 1. The normalized spacial score (nSPS) is 16.7. The third-order valence-electron chi connectivity index (χ3n) is 4.28. The first kappa shape index (κ1) is 13.8. The highest BCUT2D eigenvalue weighted by Gasteiger charge is 2.29. The molecule has 0 radical (unpaired) electrons. The molecule has 4 rings (SSSR count). The molecular formula is C20H16O3. The first-order valence-corrected chi connectivity index (χ1v) is 7.62. The van der Waals surface area contributed by atoms with Crippen LogP contribution in [0, 0.1) is 0 Å². The summed E-state index contributed by atoms with van der Waals surface area (Å²) in [7, 11) is 1.63. The Kier molecular flexibility index (Phi) is 3.27. The number of fused-ring (bicyclic) bond motifs is 3.